The van der Waals surface area contributed by atoms with Gasteiger partial charge >= 0.3 is 0 Å². The van der Waals surface area contributed by atoms with E-state index in [2.05, 4.69) is 26.4 Å². The lowest BCUT2D eigenvalue weighted by molar-refractivity contribution is -0.116. The molecule has 1 aliphatic rings. The molecule has 3 heterocycles. The Morgan fingerprint density at radius 2 is 2.00 bits per heavy atom. The standard InChI is InChI=1S/C21H25N5O/c1-15-14-16(2)26(24-15)13-9-20(27)23-18-7-8-19(25-11-3-4-12-25)21-17(18)6-5-10-22-21/h5-8,10,14H,3-4,9,11-13H2,1-2H3,(H,23,27). The molecule has 2 aromatic heterocycles. The average Bonchev–Trinajstić information content (AvgIpc) is 3.30. The van der Waals surface area contributed by atoms with Gasteiger partial charge < -0.3 is 10.2 Å². The molecular formula is C21H25N5O. The van der Waals surface area contributed by atoms with E-state index in [-0.39, 0.29) is 5.91 Å². The maximum atomic E-state index is 12.5. The van der Waals surface area contributed by atoms with Crippen LogP contribution in [-0.4, -0.2) is 33.8 Å². The number of aromatic nitrogens is 3. The molecule has 1 amide bonds. The highest BCUT2D eigenvalue weighted by Crippen LogP contribution is 2.32. The molecule has 0 aliphatic carbocycles. The molecule has 0 spiro atoms. The molecular weight excluding hydrogens is 338 g/mol. The summed E-state index contributed by atoms with van der Waals surface area (Å²) in [6.45, 7) is 6.69. The molecule has 0 bridgehead atoms. The van der Waals surface area contributed by atoms with Gasteiger partial charge in [-0.15, -0.1) is 0 Å². The maximum Gasteiger partial charge on any atom is 0.226 e. The van der Waals surface area contributed by atoms with Crippen molar-refractivity contribution >= 4 is 28.2 Å². The lowest BCUT2D eigenvalue weighted by Crippen LogP contribution is -2.19. The van der Waals surface area contributed by atoms with E-state index in [0.29, 0.717) is 13.0 Å². The highest BCUT2D eigenvalue weighted by Gasteiger charge is 2.17. The van der Waals surface area contributed by atoms with Crippen LogP contribution >= 0.6 is 0 Å². The summed E-state index contributed by atoms with van der Waals surface area (Å²) in [5.74, 6) is -0.0124. The predicted molar refractivity (Wildman–Crippen MR) is 108 cm³/mol. The van der Waals surface area contributed by atoms with Gasteiger partial charge in [-0.05, 0) is 57.0 Å². The predicted octanol–water partition coefficient (Wildman–Crippen LogP) is 3.68. The van der Waals surface area contributed by atoms with Crippen LogP contribution in [-0.2, 0) is 11.3 Å². The monoisotopic (exact) mass is 363 g/mol. The van der Waals surface area contributed by atoms with Crippen LogP contribution in [0.2, 0.25) is 0 Å². The zero-order valence-corrected chi connectivity index (χ0v) is 15.9. The van der Waals surface area contributed by atoms with Gasteiger partial charge in [0, 0.05) is 43.3 Å². The van der Waals surface area contributed by atoms with Crippen molar-refractivity contribution in [3.8, 4) is 0 Å². The summed E-state index contributed by atoms with van der Waals surface area (Å²) in [6, 6.07) is 10.0. The van der Waals surface area contributed by atoms with Gasteiger partial charge in [-0.25, -0.2) is 0 Å². The number of nitrogens with zero attached hydrogens (tertiary/aromatic N) is 4. The second-order valence-electron chi connectivity index (χ2n) is 7.17. The number of rotatable bonds is 5. The molecule has 1 fully saturated rings. The Kier molecular flexibility index (Phi) is 4.79. The van der Waals surface area contributed by atoms with Crippen LogP contribution in [0.3, 0.4) is 0 Å². The second kappa shape index (κ2) is 7.39. The number of fused-ring (bicyclic) bond motifs is 1. The normalized spacial score (nSPS) is 14.1. The topological polar surface area (TPSA) is 63.1 Å². The maximum absolute atomic E-state index is 12.5. The summed E-state index contributed by atoms with van der Waals surface area (Å²) in [4.78, 5) is 19.5. The summed E-state index contributed by atoms with van der Waals surface area (Å²) in [5, 5.41) is 8.46. The molecule has 0 atom stereocenters. The molecule has 6 nitrogen and oxygen atoms in total. The molecule has 0 radical (unpaired) electrons. The van der Waals surface area contributed by atoms with Crippen molar-refractivity contribution in [2.24, 2.45) is 0 Å². The number of nitrogens with one attached hydrogen (secondary N) is 1. The lowest BCUT2D eigenvalue weighted by Gasteiger charge is -2.20. The Bertz CT molecular complexity index is 972. The van der Waals surface area contributed by atoms with Crippen LogP contribution in [0.5, 0.6) is 0 Å². The Morgan fingerprint density at radius 1 is 1.19 bits per heavy atom. The minimum atomic E-state index is -0.0124. The van der Waals surface area contributed by atoms with Crippen LogP contribution in [0.15, 0.2) is 36.5 Å². The number of amides is 1. The first-order valence-corrected chi connectivity index (χ1v) is 9.55. The Balaban J connectivity index is 1.52. The zero-order chi connectivity index (χ0) is 18.8. The fourth-order valence-corrected chi connectivity index (χ4v) is 3.80. The number of pyridine rings is 1. The van der Waals surface area contributed by atoms with Crippen LogP contribution in [0.4, 0.5) is 11.4 Å². The molecule has 0 saturated carbocycles. The second-order valence-corrected chi connectivity index (χ2v) is 7.17. The number of carbonyl (C=O) groups excluding carboxylic acids is 1. The van der Waals surface area contributed by atoms with Gasteiger partial charge in [0.15, 0.2) is 0 Å². The van der Waals surface area contributed by atoms with Crippen molar-refractivity contribution in [1.29, 1.82) is 0 Å². The van der Waals surface area contributed by atoms with Crippen molar-refractivity contribution in [1.82, 2.24) is 14.8 Å². The van der Waals surface area contributed by atoms with E-state index in [1.807, 2.05) is 49.0 Å². The molecule has 6 heteroatoms. The van der Waals surface area contributed by atoms with Gasteiger partial charge in [0.25, 0.3) is 0 Å². The highest BCUT2D eigenvalue weighted by molar-refractivity contribution is 6.05. The lowest BCUT2D eigenvalue weighted by atomic mass is 10.1. The van der Waals surface area contributed by atoms with E-state index in [0.717, 1.165) is 46.8 Å². The third-order valence-electron chi connectivity index (χ3n) is 5.12. The summed E-state index contributed by atoms with van der Waals surface area (Å²) in [5.41, 5.74) is 4.98. The minimum absolute atomic E-state index is 0.0124. The highest BCUT2D eigenvalue weighted by atomic mass is 16.1. The Morgan fingerprint density at radius 3 is 2.74 bits per heavy atom. The third kappa shape index (κ3) is 3.65. The molecule has 3 aromatic rings. The van der Waals surface area contributed by atoms with Crippen LogP contribution in [0.1, 0.15) is 30.7 Å². The van der Waals surface area contributed by atoms with Crippen molar-refractivity contribution in [2.75, 3.05) is 23.3 Å². The van der Waals surface area contributed by atoms with Gasteiger partial charge in [0.1, 0.15) is 0 Å². The smallest absolute Gasteiger partial charge is 0.226 e. The van der Waals surface area contributed by atoms with E-state index in [1.165, 1.54) is 12.8 Å². The Hall–Kier alpha value is -2.89. The van der Waals surface area contributed by atoms with Crippen LogP contribution in [0, 0.1) is 13.8 Å². The number of carbonyl (C=O) groups is 1. The zero-order valence-electron chi connectivity index (χ0n) is 15.9. The first-order valence-electron chi connectivity index (χ1n) is 9.55. The summed E-state index contributed by atoms with van der Waals surface area (Å²) >= 11 is 0. The fraction of sp³-hybridized carbons (Fsp3) is 0.381. The summed E-state index contributed by atoms with van der Waals surface area (Å²) < 4.78 is 1.88. The van der Waals surface area contributed by atoms with E-state index in [1.54, 1.807) is 0 Å². The number of anilines is 2. The first-order chi connectivity index (χ1) is 13.1. The van der Waals surface area contributed by atoms with Crippen LogP contribution < -0.4 is 10.2 Å². The molecule has 27 heavy (non-hydrogen) atoms. The molecule has 1 saturated heterocycles. The van der Waals surface area contributed by atoms with Gasteiger partial charge in [-0.2, -0.15) is 5.10 Å². The molecule has 4 rings (SSSR count). The summed E-state index contributed by atoms with van der Waals surface area (Å²) in [6.07, 6.45) is 4.65. The number of aryl methyl sites for hydroxylation is 3. The number of hydrogen-bond donors (Lipinski definition) is 1. The van der Waals surface area contributed by atoms with Crippen molar-refractivity contribution in [2.45, 2.75) is 39.7 Å². The SMILES string of the molecule is Cc1cc(C)n(CCC(=O)Nc2ccc(N3CCCC3)c3ncccc23)n1. The fourth-order valence-electron chi connectivity index (χ4n) is 3.80. The summed E-state index contributed by atoms with van der Waals surface area (Å²) in [7, 11) is 0. The minimum Gasteiger partial charge on any atom is -0.370 e. The van der Waals surface area contributed by atoms with Crippen molar-refractivity contribution in [3.05, 3.63) is 47.9 Å². The van der Waals surface area contributed by atoms with Crippen molar-refractivity contribution in [3.63, 3.8) is 0 Å². The van der Waals surface area contributed by atoms with Gasteiger partial charge in [0.2, 0.25) is 5.91 Å². The van der Waals surface area contributed by atoms with Crippen molar-refractivity contribution < 1.29 is 4.79 Å². The van der Waals surface area contributed by atoms with Gasteiger partial charge in [-0.1, -0.05) is 0 Å². The van der Waals surface area contributed by atoms with E-state index < -0.39 is 0 Å². The molecule has 1 aromatic carbocycles. The van der Waals surface area contributed by atoms with E-state index >= 15 is 0 Å². The quantitative estimate of drug-likeness (QED) is 0.751. The van der Waals surface area contributed by atoms with E-state index in [9.17, 15) is 4.79 Å². The van der Waals surface area contributed by atoms with Gasteiger partial charge in [0.05, 0.1) is 22.6 Å². The molecule has 140 valence electrons. The number of benzene rings is 1. The molecule has 1 aliphatic heterocycles. The average molecular weight is 363 g/mol. The Labute approximate surface area is 159 Å². The number of hydrogen-bond acceptors (Lipinski definition) is 4. The third-order valence-corrected chi connectivity index (χ3v) is 5.12. The largest absolute Gasteiger partial charge is 0.370 e. The van der Waals surface area contributed by atoms with Gasteiger partial charge in [-0.3, -0.25) is 14.5 Å². The molecule has 1 N–H and O–H groups in total. The molecule has 0 unspecified atom stereocenters. The van der Waals surface area contributed by atoms with Crippen LogP contribution in [0.25, 0.3) is 10.9 Å². The first kappa shape index (κ1) is 17.5. The van der Waals surface area contributed by atoms with E-state index in [4.69, 9.17) is 0 Å².